The third-order valence-corrected chi connectivity index (χ3v) is 2.01. The Hall–Kier alpha value is -1.01. The second kappa shape index (κ2) is 4.78. The Morgan fingerprint density at radius 1 is 1.58 bits per heavy atom. The molecule has 0 saturated heterocycles. The van der Waals surface area contributed by atoms with Gasteiger partial charge in [0.05, 0.1) is 0 Å². The van der Waals surface area contributed by atoms with Crippen LogP contribution >= 0.6 is 0 Å². The van der Waals surface area contributed by atoms with Crippen molar-refractivity contribution in [2.45, 2.75) is 32.2 Å². The van der Waals surface area contributed by atoms with Crippen LogP contribution in [0.4, 0.5) is 0 Å². The maximum Gasteiger partial charge on any atom is 0.246 e. The van der Waals surface area contributed by atoms with Crippen molar-refractivity contribution in [1.82, 2.24) is 5.32 Å². The molecule has 2 N–H and O–H groups in total. The average molecular weight is 169 g/mol. The molecule has 1 amide bonds. The van der Waals surface area contributed by atoms with Crippen molar-refractivity contribution in [3.05, 3.63) is 0 Å². The van der Waals surface area contributed by atoms with Gasteiger partial charge in [-0.15, -0.1) is 6.42 Å². The second-order valence-corrected chi connectivity index (χ2v) is 2.64. The van der Waals surface area contributed by atoms with E-state index in [1.165, 1.54) is 0 Å². The SMILES string of the molecule is C#CC(CC)(CC)NC(=O)CO. The third kappa shape index (κ3) is 2.55. The first-order chi connectivity index (χ1) is 5.64. The summed E-state index contributed by atoms with van der Waals surface area (Å²) in [6.07, 6.45) is 6.63. The Labute approximate surface area is 73.2 Å². The number of rotatable bonds is 4. The van der Waals surface area contributed by atoms with Crippen molar-refractivity contribution in [3.63, 3.8) is 0 Å². The molecule has 0 saturated carbocycles. The van der Waals surface area contributed by atoms with Gasteiger partial charge in [-0.2, -0.15) is 0 Å². The largest absolute Gasteiger partial charge is 0.387 e. The molecule has 0 atom stereocenters. The summed E-state index contributed by atoms with van der Waals surface area (Å²) < 4.78 is 0. The molecule has 0 heterocycles. The topological polar surface area (TPSA) is 49.3 Å². The summed E-state index contributed by atoms with van der Waals surface area (Å²) in [6.45, 7) is 3.30. The number of carbonyl (C=O) groups excluding carboxylic acids is 1. The van der Waals surface area contributed by atoms with Crippen LogP contribution in [0.25, 0.3) is 0 Å². The van der Waals surface area contributed by atoms with Crippen molar-refractivity contribution in [2.75, 3.05) is 6.61 Å². The number of nitrogens with one attached hydrogen (secondary N) is 1. The van der Waals surface area contributed by atoms with E-state index < -0.39 is 18.1 Å². The number of aliphatic hydroxyl groups is 1. The summed E-state index contributed by atoms with van der Waals surface area (Å²) >= 11 is 0. The molecule has 0 rings (SSSR count). The van der Waals surface area contributed by atoms with Crippen LogP contribution in [0.3, 0.4) is 0 Å². The predicted molar refractivity (Wildman–Crippen MR) is 47.4 cm³/mol. The number of terminal acetylenes is 1. The molecule has 68 valence electrons. The van der Waals surface area contributed by atoms with Crippen LogP contribution < -0.4 is 5.32 Å². The van der Waals surface area contributed by atoms with Gasteiger partial charge in [-0.3, -0.25) is 4.79 Å². The van der Waals surface area contributed by atoms with Gasteiger partial charge in [-0.25, -0.2) is 0 Å². The van der Waals surface area contributed by atoms with Gasteiger partial charge in [-0.1, -0.05) is 19.8 Å². The molecule has 0 aromatic heterocycles. The van der Waals surface area contributed by atoms with Crippen LogP contribution in [-0.2, 0) is 4.79 Å². The fourth-order valence-corrected chi connectivity index (χ4v) is 0.973. The van der Waals surface area contributed by atoms with E-state index in [4.69, 9.17) is 11.5 Å². The molecular weight excluding hydrogens is 154 g/mol. The minimum atomic E-state index is -0.584. The normalized spacial score (nSPS) is 10.5. The highest BCUT2D eigenvalue weighted by Gasteiger charge is 2.24. The first kappa shape index (κ1) is 11.0. The fourth-order valence-electron chi connectivity index (χ4n) is 0.973. The highest BCUT2D eigenvalue weighted by atomic mass is 16.3. The van der Waals surface area contributed by atoms with Crippen molar-refractivity contribution in [1.29, 1.82) is 0 Å². The van der Waals surface area contributed by atoms with Gasteiger partial charge >= 0.3 is 0 Å². The maximum atomic E-state index is 10.8. The van der Waals surface area contributed by atoms with Crippen LogP contribution in [-0.4, -0.2) is 23.2 Å². The van der Waals surface area contributed by atoms with Crippen LogP contribution in [0.15, 0.2) is 0 Å². The summed E-state index contributed by atoms with van der Waals surface area (Å²) in [5.41, 5.74) is -0.584. The molecule has 0 aliphatic rings. The van der Waals surface area contributed by atoms with Crippen molar-refractivity contribution < 1.29 is 9.90 Å². The lowest BCUT2D eigenvalue weighted by Crippen LogP contribution is -2.47. The first-order valence-corrected chi connectivity index (χ1v) is 4.03. The van der Waals surface area contributed by atoms with E-state index >= 15 is 0 Å². The van der Waals surface area contributed by atoms with E-state index in [1.807, 2.05) is 13.8 Å². The third-order valence-electron chi connectivity index (χ3n) is 2.01. The second-order valence-electron chi connectivity index (χ2n) is 2.64. The summed E-state index contributed by atoms with van der Waals surface area (Å²) in [7, 11) is 0. The van der Waals surface area contributed by atoms with E-state index in [-0.39, 0.29) is 0 Å². The van der Waals surface area contributed by atoms with Gasteiger partial charge < -0.3 is 10.4 Å². The lowest BCUT2D eigenvalue weighted by Gasteiger charge is -2.26. The summed E-state index contributed by atoms with van der Waals surface area (Å²) in [6, 6.07) is 0. The van der Waals surface area contributed by atoms with Gasteiger partial charge in [-0.05, 0) is 12.8 Å². The zero-order chi connectivity index (χ0) is 9.61. The first-order valence-electron chi connectivity index (χ1n) is 4.03. The Morgan fingerprint density at radius 2 is 2.08 bits per heavy atom. The molecule has 0 aliphatic carbocycles. The molecular formula is C9H15NO2. The molecule has 0 spiro atoms. The van der Waals surface area contributed by atoms with Gasteiger partial charge in [0.15, 0.2) is 0 Å². The smallest absolute Gasteiger partial charge is 0.246 e. The van der Waals surface area contributed by atoms with E-state index in [9.17, 15) is 4.79 Å². The molecule has 0 aromatic carbocycles. The van der Waals surface area contributed by atoms with E-state index in [2.05, 4.69) is 11.2 Å². The minimum Gasteiger partial charge on any atom is -0.387 e. The lowest BCUT2D eigenvalue weighted by molar-refractivity contribution is -0.125. The molecule has 0 fully saturated rings. The highest BCUT2D eigenvalue weighted by Crippen LogP contribution is 2.12. The zero-order valence-corrected chi connectivity index (χ0v) is 7.55. The zero-order valence-electron chi connectivity index (χ0n) is 7.55. The van der Waals surface area contributed by atoms with E-state index in [0.29, 0.717) is 12.8 Å². The Kier molecular flexibility index (Phi) is 4.38. The Bertz CT molecular complexity index is 189. The van der Waals surface area contributed by atoms with Crippen molar-refractivity contribution >= 4 is 5.91 Å². The quantitative estimate of drug-likeness (QED) is 0.594. The van der Waals surface area contributed by atoms with Gasteiger partial charge in [0.25, 0.3) is 0 Å². The van der Waals surface area contributed by atoms with Crippen LogP contribution in [0.5, 0.6) is 0 Å². The van der Waals surface area contributed by atoms with Crippen LogP contribution in [0.1, 0.15) is 26.7 Å². The standard InChI is InChI=1S/C9H15NO2/c1-4-9(5-2,6-3)10-8(12)7-11/h1,11H,5-7H2,2-3H3,(H,10,12). The van der Waals surface area contributed by atoms with Gasteiger partial charge in [0, 0.05) is 0 Å². The number of carbonyl (C=O) groups is 1. The molecule has 0 bridgehead atoms. The molecule has 0 aromatic rings. The Balaban J connectivity index is 4.33. The van der Waals surface area contributed by atoms with Crippen molar-refractivity contribution in [2.24, 2.45) is 0 Å². The highest BCUT2D eigenvalue weighted by molar-refractivity contribution is 5.78. The fraction of sp³-hybridized carbons (Fsp3) is 0.667. The Morgan fingerprint density at radius 3 is 2.33 bits per heavy atom. The van der Waals surface area contributed by atoms with Gasteiger partial charge in [0.1, 0.15) is 12.1 Å². The average Bonchev–Trinajstić information content (AvgIpc) is 2.14. The maximum absolute atomic E-state index is 10.8. The van der Waals surface area contributed by atoms with E-state index in [1.54, 1.807) is 0 Å². The predicted octanol–water partition coefficient (Wildman–Crippen LogP) is 0.287. The number of hydrogen-bond acceptors (Lipinski definition) is 2. The number of hydrogen-bond donors (Lipinski definition) is 2. The van der Waals surface area contributed by atoms with Crippen LogP contribution in [0, 0.1) is 12.3 Å². The molecule has 0 aliphatic heterocycles. The van der Waals surface area contributed by atoms with Crippen LogP contribution in [0.2, 0.25) is 0 Å². The molecule has 0 unspecified atom stereocenters. The van der Waals surface area contributed by atoms with Gasteiger partial charge in [0.2, 0.25) is 5.91 Å². The minimum absolute atomic E-state index is 0.420. The molecule has 0 radical (unpaired) electrons. The molecule has 12 heavy (non-hydrogen) atoms. The van der Waals surface area contributed by atoms with Crippen molar-refractivity contribution in [3.8, 4) is 12.3 Å². The number of aliphatic hydroxyl groups excluding tert-OH is 1. The van der Waals surface area contributed by atoms with E-state index in [0.717, 1.165) is 0 Å². The lowest BCUT2D eigenvalue weighted by atomic mass is 9.94. The summed E-state index contributed by atoms with van der Waals surface area (Å²) in [5.74, 6) is 2.12. The summed E-state index contributed by atoms with van der Waals surface area (Å²) in [5, 5.41) is 11.1. The number of amides is 1. The monoisotopic (exact) mass is 169 g/mol. The molecule has 3 heteroatoms. The summed E-state index contributed by atoms with van der Waals surface area (Å²) in [4.78, 5) is 10.8. The molecule has 3 nitrogen and oxygen atoms in total.